The molecular formula is C21H25F2N5O3S. The van der Waals surface area contributed by atoms with Crippen molar-refractivity contribution in [2.75, 3.05) is 11.9 Å². The van der Waals surface area contributed by atoms with Gasteiger partial charge >= 0.3 is 6.03 Å². The number of hydrogen-bond donors (Lipinski definition) is 2. The average Bonchev–Trinajstić information content (AvgIpc) is 3.41. The Morgan fingerprint density at radius 1 is 1.31 bits per heavy atom. The number of anilines is 1. The van der Waals surface area contributed by atoms with Gasteiger partial charge in [-0.25, -0.2) is 27.6 Å². The Balaban J connectivity index is 1.49. The molecule has 1 unspecified atom stereocenters. The number of hydrogen-bond acceptors (Lipinski definition) is 4. The predicted octanol–water partition coefficient (Wildman–Crippen LogP) is 3.30. The van der Waals surface area contributed by atoms with Crippen LogP contribution in [-0.2, 0) is 42.1 Å². The summed E-state index contributed by atoms with van der Waals surface area (Å²) in [5.41, 5.74) is 2.17. The van der Waals surface area contributed by atoms with Gasteiger partial charge in [-0.2, -0.15) is 5.10 Å². The van der Waals surface area contributed by atoms with Gasteiger partial charge < -0.3 is 10.1 Å². The Morgan fingerprint density at radius 3 is 2.81 bits per heavy atom. The van der Waals surface area contributed by atoms with Crippen LogP contribution in [0.15, 0.2) is 15.5 Å². The van der Waals surface area contributed by atoms with Gasteiger partial charge in [0.25, 0.3) is 0 Å². The molecule has 1 aliphatic heterocycles. The fraction of sp³-hybridized carbons (Fsp3) is 0.524. The van der Waals surface area contributed by atoms with Crippen molar-refractivity contribution >= 4 is 21.6 Å². The molecule has 2 heterocycles. The van der Waals surface area contributed by atoms with Crippen molar-refractivity contribution in [2.24, 2.45) is 14.9 Å². The Kier molecular flexibility index (Phi) is 4.82. The molecule has 11 heteroatoms. The first kappa shape index (κ1) is 21.3. The molecule has 32 heavy (non-hydrogen) atoms. The van der Waals surface area contributed by atoms with Crippen LogP contribution >= 0.6 is 0 Å². The second-order valence-corrected chi connectivity index (χ2v) is 11.2. The molecule has 0 radical (unpaired) electrons. The molecule has 8 nitrogen and oxygen atoms in total. The number of alkyl halides is 1. The lowest BCUT2D eigenvalue weighted by molar-refractivity contribution is 0.0972. The molecule has 2 atom stereocenters. The lowest BCUT2D eigenvalue weighted by atomic mass is 9.94. The first-order valence-electron chi connectivity index (χ1n) is 10.6. The number of nitrogens with one attached hydrogen (secondary N) is 1. The first-order chi connectivity index (χ1) is 15.1. The van der Waals surface area contributed by atoms with Gasteiger partial charge in [0.2, 0.25) is 5.88 Å². The summed E-state index contributed by atoms with van der Waals surface area (Å²) in [5, 5.41) is 12.8. The summed E-state index contributed by atoms with van der Waals surface area (Å²) in [4.78, 5) is 12.8. The fourth-order valence-corrected chi connectivity index (χ4v) is 5.85. The molecule has 5 rings (SSSR count). The number of halogens is 2. The van der Waals surface area contributed by atoms with Crippen molar-refractivity contribution in [3.63, 3.8) is 0 Å². The standard InChI is InChI=1S/C21H25F2N5O3S/c1-21(2)9-28-19(31-10-21)16(8-25-28)32(24,30)27-20(29)26-18-13-5-3-4-12(13)17(23)14-6-11(22)7-15(14)18/h8,11H,3-7,9-10H2,1-2H3,(H3,24,26,27,29,30)/t11-,32?/m0/s1. The molecule has 172 valence electrons. The van der Waals surface area contributed by atoms with E-state index in [-0.39, 0.29) is 34.8 Å². The fourth-order valence-electron chi connectivity index (χ4n) is 4.85. The summed E-state index contributed by atoms with van der Waals surface area (Å²) in [6.07, 6.45) is 1.97. The number of amides is 2. The van der Waals surface area contributed by atoms with Crippen LogP contribution in [0.5, 0.6) is 5.88 Å². The lowest BCUT2D eigenvalue weighted by Crippen LogP contribution is -2.33. The summed E-state index contributed by atoms with van der Waals surface area (Å²) in [5.74, 6) is -0.131. The summed E-state index contributed by atoms with van der Waals surface area (Å²) in [6.45, 7) is 4.95. The van der Waals surface area contributed by atoms with Crippen LogP contribution in [0.4, 0.5) is 19.3 Å². The van der Waals surface area contributed by atoms with Crippen LogP contribution in [0, 0.1) is 11.2 Å². The number of ether oxygens (including phenoxy) is 1. The third-order valence-electron chi connectivity index (χ3n) is 6.27. The number of nitrogens with two attached hydrogens (primary N) is 1. The summed E-state index contributed by atoms with van der Waals surface area (Å²) in [6, 6.07) is -0.932. The maximum Gasteiger partial charge on any atom is 0.354 e. The van der Waals surface area contributed by atoms with Crippen LogP contribution < -0.4 is 15.2 Å². The van der Waals surface area contributed by atoms with Crippen LogP contribution in [0.1, 0.15) is 42.5 Å². The van der Waals surface area contributed by atoms with Crippen molar-refractivity contribution in [2.45, 2.75) is 63.6 Å². The summed E-state index contributed by atoms with van der Waals surface area (Å²) in [7, 11) is -3.66. The largest absolute Gasteiger partial charge is 0.476 e. The third kappa shape index (κ3) is 3.47. The molecule has 2 amide bonds. The van der Waals surface area contributed by atoms with E-state index in [0.717, 1.165) is 6.42 Å². The maximum absolute atomic E-state index is 14.8. The molecule has 0 fully saturated rings. The molecule has 0 bridgehead atoms. The van der Waals surface area contributed by atoms with Gasteiger partial charge in [-0.05, 0) is 41.5 Å². The Hall–Kier alpha value is -2.53. The molecule has 0 saturated heterocycles. The number of nitrogens with zero attached hydrogens (tertiary/aromatic N) is 3. The second-order valence-electron chi connectivity index (χ2n) is 9.48. The highest BCUT2D eigenvalue weighted by Crippen LogP contribution is 2.42. The quantitative estimate of drug-likeness (QED) is 0.709. The third-order valence-corrected chi connectivity index (χ3v) is 7.62. The highest BCUT2D eigenvalue weighted by atomic mass is 32.2. The summed E-state index contributed by atoms with van der Waals surface area (Å²) >= 11 is 0. The Bertz CT molecular complexity index is 1260. The van der Waals surface area contributed by atoms with Gasteiger partial charge in [0.15, 0.2) is 9.92 Å². The van der Waals surface area contributed by atoms with Gasteiger partial charge in [-0.3, -0.25) is 0 Å². The van der Waals surface area contributed by atoms with Gasteiger partial charge in [-0.1, -0.05) is 13.8 Å². The second kappa shape index (κ2) is 7.24. The van der Waals surface area contributed by atoms with E-state index in [1.54, 1.807) is 4.68 Å². The molecule has 2 aromatic rings. The zero-order valence-electron chi connectivity index (χ0n) is 17.9. The van der Waals surface area contributed by atoms with Crippen LogP contribution in [-0.4, -0.2) is 32.8 Å². The number of carbonyl (C=O) groups excluding carboxylic acids is 1. The Morgan fingerprint density at radius 2 is 2.03 bits per heavy atom. The highest BCUT2D eigenvalue weighted by molar-refractivity contribution is 7.91. The molecule has 1 aromatic carbocycles. The van der Waals surface area contributed by atoms with Crippen molar-refractivity contribution < 1.29 is 22.5 Å². The summed E-state index contributed by atoms with van der Waals surface area (Å²) < 4.78 is 53.1. The van der Waals surface area contributed by atoms with E-state index in [1.807, 2.05) is 13.8 Å². The number of aromatic nitrogens is 2. The van der Waals surface area contributed by atoms with Crippen LogP contribution in [0.25, 0.3) is 0 Å². The normalized spacial score (nSPS) is 22.3. The van der Waals surface area contributed by atoms with E-state index < -0.39 is 22.1 Å². The van der Waals surface area contributed by atoms with E-state index in [4.69, 9.17) is 9.88 Å². The molecule has 2 aliphatic carbocycles. The van der Waals surface area contributed by atoms with Gasteiger partial charge in [0.1, 0.15) is 16.9 Å². The molecule has 1 aromatic heterocycles. The van der Waals surface area contributed by atoms with Crippen molar-refractivity contribution in [3.8, 4) is 5.88 Å². The minimum absolute atomic E-state index is 0.0156. The lowest BCUT2D eigenvalue weighted by Gasteiger charge is -2.30. The zero-order valence-corrected chi connectivity index (χ0v) is 18.7. The number of benzene rings is 1. The van der Waals surface area contributed by atoms with Gasteiger partial charge in [0, 0.05) is 23.9 Å². The van der Waals surface area contributed by atoms with Crippen molar-refractivity contribution in [1.82, 2.24) is 9.78 Å². The smallest absolute Gasteiger partial charge is 0.354 e. The molecule has 0 spiro atoms. The van der Waals surface area contributed by atoms with E-state index in [1.165, 1.54) is 6.20 Å². The number of carbonyl (C=O) groups is 1. The number of urea groups is 1. The van der Waals surface area contributed by atoms with Crippen LogP contribution in [0.2, 0.25) is 0 Å². The highest BCUT2D eigenvalue weighted by Gasteiger charge is 2.35. The molecule has 3 N–H and O–H groups in total. The maximum atomic E-state index is 14.8. The Labute approximate surface area is 184 Å². The van der Waals surface area contributed by atoms with Crippen molar-refractivity contribution in [3.05, 3.63) is 34.3 Å². The monoisotopic (exact) mass is 465 g/mol. The number of fused-ring (bicyclic) bond motifs is 3. The van der Waals surface area contributed by atoms with Crippen LogP contribution in [0.3, 0.4) is 0 Å². The SMILES string of the molecule is CC1(C)COc2c(S(N)(=O)=NC(=O)Nc3c4c(c(F)c5c3C[C@@H](F)C5)CCC4)cnn2C1. The predicted molar refractivity (Wildman–Crippen MR) is 114 cm³/mol. The van der Waals surface area contributed by atoms with E-state index in [0.29, 0.717) is 53.9 Å². The van der Waals surface area contributed by atoms with E-state index in [2.05, 4.69) is 14.8 Å². The van der Waals surface area contributed by atoms with Crippen molar-refractivity contribution in [1.29, 1.82) is 0 Å². The molecule has 3 aliphatic rings. The minimum atomic E-state index is -3.66. The molecular weight excluding hydrogens is 440 g/mol. The number of rotatable bonds is 2. The van der Waals surface area contributed by atoms with Gasteiger partial charge in [0.05, 0.1) is 19.3 Å². The van der Waals surface area contributed by atoms with E-state index >= 15 is 0 Å². The minimum Gasteiger partial charge on any atom is -0.476 e. The average molecular weight is 466 g/mol. The van der Waals surface area contributed by atoms with Gasteiger partial charge in [-0.15, -0.1) is 4.36 Å². The van der Waals surface area contributed by atoms with E-state index in [9.17, 15) is 17.8 Å². The molecule has 0 saturated carbocycles. The first-order valence-corrected chi connectivity index (χ1v) is 12.2. The topological polar surface area (TPSA) is 112 Å². The zero-order chi connectivity index (χ0) is 22.8.